The van der Waals surface area contributed by atoms with Crippen molar-refractivity contribution in [2.75, 3.05) is 5.75 Å². The molecule has 1 atom stereocenters. The second-order valence-electron chi connectivity index (χ2n) is 4.21. The smallest absolute Gasteiger partial charge is 0.123 e. The van der Waals surface area contributed by atoms with Gasteiger partial charge in [0.25, 0.3) is 0 Å². The quantitative estimate of drug-likeness (QED) is 0.454. The average molecular weight is 258 g/mol. The van der Waals surface area contributed by atoms with Crippen molar-refractivity contribution in [3.63, 3.8) is 0 Å². The highest BCUT2D eigenvalue weighted by Crippen LogP contribution is 2.21. The van der Waals surface area contributed by atoms with Crippen LogP contribution in [-0.2, 0) is 0 Å². The van der Waals surface area contributed by atoms with Crippen LogP contribution in [0, 0.1) is 5.82 Å². The summed E-state index contributed by atoms with van der Waals surface area (Å²) in [7, 11) is 0. The Morgan fingerprint density at radius 3 is 2.47 bits per heavy atom. The lowest BCUT2D eigenvalue weighted by Gasteiger charge is -2.07. The Labute approximate surface area is 107 Å². The molecule has 17 heavy (non-hydrogen) atoms. The second-order valence-corrected chi connectivity index (χ2v) is 5.30. The van der Waals surface area contributed by atoms with Crippen LogP contribution in [0.15, 0.2) is 29.2 Å². The lowest BCUT2D eigenvalue weighted by atomic mass is 10.1. The summed E-state index contributed by atoms with van der Waals surface area (Å²) in [5.74, 6) is 0.225. The van der Waals surface area contributed by atoms with Gasteiger partial charge in [-0.05, 0) is 30.7 Å². The minimum absolute atomic E-state index is 0.245. The van der Waals surface area contributed by atoms with Crippen LogP contribution in [0.5, 0.6) is 0 Å². The molecule has 0 radical (unpaired) electrons. The highest BCUT2D eigenvalue weighted by Gasteiger charge is 2.07. The van der Waals surface area contributed by atoms with Crippen molar-refractivity contribution in [1.29, 1.82) is 0 Å². The maximum atomic E-state index is 13.5. The number of alkyl halides is 1. The predicted molar refractivity (Wildman–Crippen MR) is 70.8 cm³/mol. The fourth-order valence-electron chi connectivity index (χ4n) is 1.59. The Morgan fingerprint density at radius 2 is 1.82 bits per heavy atom. The number of thioether (sulfide) groups is 1. The van der Waals surface area contributed by atoms with Crippen molar-refractivity contribution in [2.24, 2.45) is 0 Å². The summed E-state index contributed by atoms with van der Waals surface area (Å²) < 4.78 is 26.1. The molecule has 0 fully saturated rings. The molecular formula is C14H20F2S. The standard InChI is InChI=1S/C14H20F2S/c1-2-3-4-5-6-13(16)11-17-14-9-7-12(15)8-10-14/h7-10,13H,2-6,11H2,1H3. The normalized spacial score (nSPS) is 12.6. The predicted octanol–water partition coefficient (Wildman–Crippen LogP) is 5.23. The second kappa shape index (κ2) is 8.51. The minimum atomic E-state index is -0.748. The molecule has 1 rings (SSSR count). The first-order chi connectivity index (χ1) is 8.22. The van der Waals surface area contributed by atoms with E-state index in [1.165, 1.54) is 36.7 Å². The number of halogens is 2. The number of unbranched alkanes of at least 4 members (excludes halogenated alkanes) is 3. The van der Waals surface area contributed by atoms with Crippen molar-refractivity contribution in [3.05, 3.63) is 30.1 Å². The number of rotatable bonds is 8. The van der Waals surface area contributed by atoms with Gasteiger partial charge in [0.2, 0.25) is 0 Å². The van der Waals surface area contributed by atoms with E-state index in [1.807, 2.05) is 0 Å². The summed E-state index contributed by atoms with van der Waals surface area (Å²) in [6, 6.07) is 6.22. The molecule has 0 nitrogen and oxygen atoms in total. The lowest BCUT2D eigenvalue weighted by Crippen LogP contribution is -2.03. The summed E-state index contributed by atoms with van der Waals surface area (Å²) in [5.41, 5.74) is 0. The van der Waals surface area contributed by atoms with Gasteiger partial charge in [0.1, 0.15) is 12.0 Å². The van der Waals surface area contributed by atoms with Gasteiger partial charge < -0.3 is 0 Å². The molecule has 0 saturated carbocycles. The van der Waals surface area contributed by atoms with Gasteiger partial charge in [0, 0.05) is 10.6 Å². The monoisotopic (exact) mass is 258 g/mol. The third-order valence-corrected chi connectivity index (χ3v) is 3.75. The summed E-state index contributed by atoms with van der Waals surface area (Å²) in [6.07, 6.45) is 4.37. The Balaban J connectivity index is 2.14. The molecule has 0 saturated heterocycles. The summed E-state index contributed by atoms with van der Waals surface area (Å²) in [5, 5.41) is 0. The van der Waals surface area contributed by atoms with E-state index >= 15 is 0 Å². The fourth-order valence-corrected chi connectivity index (χ4v) is 2.46. The van der Waals surface area contributed by atoms with Gasteiger partial charge in [-0.25, -0.2) is 8.78 Å². The van der Waals surface area contributed by atoms with E-state index in [0.29, 0.717) is 12.2 Å². The molecule has 0 bridgehead atoms. The SMILES string of the molecule is CCCCCCC(F)CSc1ccc(F)cc1. The molecule has 0 heterocycles. The van der Waals surface area contributed by atoms with E-state index in [-0.39, 0.29) is 5.82 Å². The van der Waals surface area contributed by atoms with Gasteiger partial charge in [0.05, 0.1) is 0 Å². The summed E-state index contributed by atoms with van der Waals surface area (Å²) in [6.45, 7) is 2.15. The van der Waals surface area contributed by atoms with Crippen LogP contribution in [-0.4, -0.2) is 11.9 Å². The highest BCUT2D eigenvalue weighted by atomic mass is 32.2. The Kier molecular flexibility index (Phi) is 7.25. The minimum Gasteiger partial charge on any atom is -0.247 e. The van der Waals surface area contributed by atoms with Gasteiger partial charge in [-0.2, -0.15) is 0 Å². The zero-order valence-electron chi connectivity index (χ0n) is 10.3. The molecule has 0 aliphatic carbocycles. The molecule has 1 aromatic carbocycles. The van der Waals surface area contributed by atoms with Crippen molar-refractivity contribution in [3.8, 4) is 0 Å². The van der Waals surface area contributed by atoms with E-state index in [9.17, 15) is 8.78 Å². The molecule has 0 aliphatic heterocycles. The zero-order valence-corrected chi connectivity index (χ0v) is 11.1. The van der Waals surface area contributed by atoms with Crippen LogP contribution in [0.2, 0.25) is 0 Å². The van der Waals surface area contributed by atoms with Crippen molar-refractivity contribution in [2.45, 2.75) is 50.1 Å². The summed E-state index contributed by atoms with van der Waals surface area (Å²) in [4.78, 5) is 0.933. The van der Waals surface area contributed by atoms with Gasteiger partial charge in [-0.3, -0.25) is 0 Å². The molecule has 3 heteroatoms. The Morgan fingerprint density at radius 1 is 1.12 bits per heavy atom. The maximum Gasteiger partial charge on any atom is 0.123 e. The molecular weight excluding hydrogens is 238 g/mol. The van der Waals surface area contributed by atoms with Crippen LogP contribution < -0.4 is 0 Å². The van der Waals surface area contributed by atoms with Crippen LogP contribution in [0.1, 0.15) is 39.0 Å². The highest BCUT2D eigenvalue weighted by molar-refractivity contribution is 7.99. The largest absolute Gasteiger partial charge is 0.247 e. The topological polar surface area (TPSA) is 0 Å². The first kappa shape index (κ1) is 14.5. The third kappa shape index (κ3) is 6.67. The van der Waals surface area contributed by atoms with Crippen LogP contribution in [0.4, 0.5) is 8.78 Å². The van der Waals surface area contributed by atoms with E-state index in [2.05, 4.69) is 6.92 Å². The van der Waals surface area contributed by atoms with Crippen molar-refractivity contribution < 1.29 is 8.78 Å². The zero-order chi connectivity index (χ0) is 12.5. The third-order valence-electron chi connectivity index (χ3n) is 2.62. The number of benzene rings is 1. The average Bonchev–Trinajstić information content (AvgIpc) is 2.34. The van der Waals surface area contributed by atoms with Crippen molar-refractivity contribution in [1.82, 2.24) is 0 Å². The Hall–Kier alpha value is -0.570. The first-order valence-electron chi connectivity index (χ1n) is 6.24. The van der Waals surface area contributed by atoms with Crippen molar-refractivity contribution >= 4 is 11.8 Å². The Bertz CT molecular complexity index is 298. The van der Waals surface area contributed by atoms with Gasteiger partial charge in [-0.1, -0.05) is 32.6 Å². The number of hydrogen-bond donors (Lipinski definition) is 0. The van der Waals surface area contributed by atoms with E-state index in [0.717, 1.165) is 17.7 Å². The number of hydrogen-bond acceptors (Lipinski definition) is 1. The summed E-state index contributed by atoms with van der Waals surface area (Å²) >= 11 is 1.46. The fraction of sp³-hybridized carbons (Fsp3) is 0.571. The molecule has 0 amide bonds. The van der Waals surface area contributed by atoms with E-state index in [1.54, 1.807) is 12.1 Å². The maximum absolute atomic E-state index is 13.5. The molecule has 1 unspecified atom stereocenters. The molecule has 0 spiro atoms. The molecule has 0 aromatic heterocycles. The molecule has 96 valence electrons. The molecule has 0 aliphatic rings. The van der Waals surface area contributed by atoms with Gasteiger partial charge in [-0.15, -0.1) is 11.8 Å². The first-order valence-corrected chi connectivity index (χ1v) is 7.23. The van der Waals surface area contributed by atoms with E-state index in [4.69, 9.17) is 0 Å². The van der Waals surface area contributed by atoms with Crippen LogP contribution >= 0.6 is 11.8 Å². The molecule has 0 N–H and O–H groups in total. The van der Waals surface area contributed by atoms with Crippen LogP contribution in [0.3, 0.4) is 0 Å². The molecule has 1 aromatic rings. The van der Waals surface area contributed by atoms with Crippen LogP contribution in [0.25, 0.3) is 0 Å². The van der Waals surface area contributed by atoms with Gasteiger partial charge >= 0.3 is 0 Å². The lowest BCUT2D eigenvalue weighted by molar-refractivity contribution is 0.336. The van der Waals surface area contributed by atoms with Gasteiger partial charge in [0.15, 0.2) is 0 Å². The van der Waals surface area contributed by atoms with E-state index < -0.39 is 6.17 Å².